The van der Waals surface area contributed by atoms with Crippen molar-refractivity contribution in [2.45, 2.75) is 0 Å². The van der Waals surface area contributed by atoms with E-state index in [1.165, 1.54) is 32.3 Å². The summed E-state index contributed by atoms with van der Waals surface area (Å²) < 4.78 is 4.63. The summed E-state index contributed by atoms with van der Waals surface area (Å²) in [5.74, 6) is 1.83. The molecule has 5 nitrogen and oxygen atoms in total. The van der Waals surface area contributed by atoms with E-state index >= 15 is 0 Å². The Morgan fingerprint density at radius 3 is 1.54 bits per heavy atom. The number of aromatic nitrogens is 5. The molecule has 5 heteroatoms. The van der Waals surface area contributed by atoms with Gasteiger partial charge in [0.15, 0.2) is 11.6 Å². The maximum Gasteiger partial charge on any atom is 0.239 e. The Morgan fingerprint density at radius 2 is 0.880 bits per heavy atom. The van der Waals surface area contributed by atoms with Gasteiger partial charge in [0.1, 0.15) is 5.65 Å². The molecule has 0 unspecified atom stereocenters. The molecule has 4 aromatic heterocycles. The number of fused-ring (bicyclic) bond motifs is 12. The lowest BCUT2D eigenvalue weighted by molar-refractivity contribution is 0.941. The Balaban J connectivity index is 1.30. The first-order valence-electron chi connectivity index (χ1n) is 16.9. The molecule has 11 rings (SSSR count). The zero-order chi connectivity index (χ0) is 32.8. The molecule has 0 atom stereocenters. The minimum atomic E-state index is 0.576. The number of rotatable bonds is 3. The van der Waals surface area contributed by atoms with Gasteiger partial charge < -0.3 is 0 Å². The lowest BCUT2D eigenvalue weighted by Gasteiger charge is -2.13. The van der Waals surface area contributed by atoms with Crippen molar-refractivity contribution in [3.8, 4) is 28.7 Å². The van der Waals surface area contributed by atoms with Crippen molar-refractivity contribution in [3.05, 3.63) is 164 Å². The quantitative estimate of drug-likeness (QED) is 0.194. The van der Waals surface area contributed by atoms with E-state index in [0.29, 0.717) is 17.6 Å². The van der Waals surface area contributed by atoms with Crippen LogP contribution in [0.25, 0.3) is 99.4 Å². The van der Waals surface area contributed by atoms with Gasteiger partial charge in [0.05, 0.1) is 16.6 Å². The molecule has 4 heterocycles. The van der Waals surface area contributed by atoms with Crippen LogP contribution in [0.1, 0.15) is 0 Å². The molecule has 7 aromatic carbocycles. The minimum absolute atomic E-state index is 0.576. The summed E-state index contributed by atoms with van der Waals surface area (Å²) in [6.45, 7) is 0. The second kappa shape index (κ2) is 10.3. The number of para-hydroxylation sites is 2. The molecule has 232 valence electrons. The van der Waals surface area contributed by atoms with Crippen LogP contribution in [0.15, 0.2) is 164 Å². The van der Waals surface area contributed by atoms with E-state index in [4.69, 9.17) is 15.0 Å². The van der Waals surface area contributed by atoms with Crippen LogP contribution in [0.5, 0.6) is 0 Å². The molecular weight excluding hydrogens is 611 g/mol. The predicted molar refractivity (Wildman–Crippen MR) is 206 cm³/mol. The van der Waals surface area contributed by atoms with Crippen molar-refractivity contribution < 1.29 is 0 Å². The van der Waals surface area contributed by atoms with Gasteiger partial charge >= 0.3 is 0 Å². The minimum Gasteiger partial charge on any atom is -0.294 e. The summed E-state index contributed by atoms with van der Waals surface area (Å²) in [6, 6.07) is 57.9. The topological polar surface area (TPSA) is 48.0 Å². The fourth-order valence-corrected chi connectivity index (χ4v) is 7.79. The number of nitrogens with zero attached hydrogens (tertiary/aromatic N) is 5. The Labute approximate surface area is 286 Å². The lowest BCUT2D eigenvalue weighted by atomic mass is 10.1. The van der Waals surface area contributed by atoms with Gasteiger partial charge in [-0.3, -0.25) is 8.97 Å². The van der Waals surface area contributed by atoms with Gasteiger partial charge in [-0.25, -0.2) is 4.98 Å². The molecule has 11 aromatic rings. The van der Waals surface area contributed by atoms with E-state index < -0.39 is 0 Å². The number of hydrogen-bond acceptors (Lipinski definition) is 3. The molecule has 0 spiro atoms. The van der Waals surface area contributed by atoms with Crippen LogP contribution in [0, 0.1) is 0 Å². The molecule has 0 aliphatic carbocycles. The van der Waals surface area contributed by atoms with Gasteiger partial charge in [-0.05, 0) is 57.3 Å². The van der Waals surface area contributed by atoms with Crippen molar-refractivity contribution in [1.29, 1.82) is 0 Å². The molecule has 0 aliphatic rings. The van der Waals surface area contributed by atoms with Crippen molar-refractivity contribution in [2.24, 2.45) is 0 Å². The average Bonchev–Trinajstić information content (AvgIpc) is 3.74. The van der Waals surface area contributed by atoms with Crippen LogP contribution in [0.4, 0.5) is 0 Å². The van der Waals surface area contributed by atoms with Crippen LogP contribution in [-0.4, -0.2) is 23.9 Å². The third-order valence-electron chi connectivity index (χ3n) is 10.1. The number of hydrogen-bond donors (Lipinski definition) is 0. The summed E-state index contributed by atoms with van der Waals surface area (Å²) >= 11 is 0. The van der Waals surface area contributed by atoms with Gasteiger partial charge in [-0.15, -0.1) is 0 Å². The molecule has 0 saturated heterocycles. The Kier molecular flexibility index (Phi) is 5.60. The fraction of sp³-hybridized carbons (Fsp3) is 0. The second-order valence-electron chi connectivity index (χ2n) is 12.9. The summed E-state index contributed by atoms with van der Waals surface area (Å²) in [4.78, 5) is 15.8. The SMILES string of the molecule is c1ccc2cc(-c3nc(-c4ccc5ccccc5c4)nc(-n4c5ccccc5c5c6ccccc6c6cc7ccccc7n6c54)n3)ccc2c1. The highest BCUT2D eigenvalue weighted by atomic mass is 15.2. The van der Waals surface area contributed by atoms with E-state index in [2.05, 4.69) is 173 Å². The first kappa shape index (κ1) is 27.1. The van der Waals surface area contributed by atoms with Crippen molar-refractivity contribution in [1.82, 2.24) is 23.9 Å². The maximum atomic E-state index is 5.32. The fourth-order valence-electron chi connectivity index (χ4n) is 7.79. The average molecular weight is 638 g/mol. The normalized spacial score (nSPS) is 12.0. The highest BCUT2D eigenvalue weighted by Gasteiger charge is 2.23. The summed E-state index contributed by atoms with van der Waals surface area (Å²) in [5.41, 5.74) is 6.24. The van der Waals surface area contributed by atoms with E-state index in [1.807, 2.05) is 0 Å². The standard InChI is InChI=1S/C45H27N5/c1-3-13-30-25-33(23-21-28(30)11-1)42-46-43(34-24-22-29-12-2-4-14-31(29)26-34)48-45(47-42)50-39-20-10-8-18-37(39)41-36-17-7-6-16-35(36)40-27-32-15-5-9-19-38(32)49(40)44(41)50/h1-27H. The maximum absolute atomic E-state index is 5.32. The molecule has 0 fully saturated rings. The molecular formula is C45H27N5. The van der Waals surface area contributed by atoms with Gasteiger partial charge in [-0.2, -0.15) is 9.97 Å². The molecule has 0 radical (unpaired) electrons. The molecule has 0 saturated carbocycles. The van der Waals surface area contributed by atoms with Gasteiger partial charge in [0.2, 0.25) is 5.95 Å². The number of pyridine rings is 1. The van der Waals surface area contributed by atoms with Crippen LogP contribution < -0.4 is 0 Å². The smallest absolute Gasteiger partial charge is 0.239 e. The van der Waals surface area contributed by atoms with Crippen LogP contribution >= 0.6 is 0 Å². The summed E-state index contributed by atoms with van der Waals surface area (Å²) in [6.07, 6.45) is 0. The molecule has 50 heavy (non-hydrogen) atoms. The molecule has 0 aliphatic heterocycles. The summed E-state index contributed by atoms with van der Waals surface area (Å²) in [5, 5.41) is 10.6. The number of benzene rings is 7. The highest BCUT2D eigenvalue weighted by molar-refractivity contribution is 6.24. The zero-order valence-corrected chi connectivity index (χ0v) is 26.8. The Morgan fingerprint density at radius 1 is 0.360 bits per heavy atom. The first-order valence-corrected chi connectivity index (χ1v) is 16.9. The first-order chi connectivity index (χ1) is 24.8. The van der Waals surface area contributed by atoms with Crippen LogP contribution in [-0.2, 0) is 0 Å². The summed E-state index contributed by atoms with van der Waals surface area (Å²) in [7, 11) is 0. The van der Waals surface area contributed by atoms with E-state index in [-0.39, 0.29) is 0 Å². The largest absolute Gasteiger partial charge is 0.294 e. The van der Waals surface area contributed by atoms with Gasteiger partial charge in [0, 0.05) is 32.7 Å². The zero-order valence-electron chi connectivity index (χ0n) is 26.8. The Hall–Kier alpha value is -6.85. The van der Waals surface area contributed by atoms with Gasteiger partial charge in [-0.1, -0.05) is 133 Å². The third-order valence-corrected chi connectivity index (χ3v) is 10.1. The van der Waals surface area contributed by atoms with Crippen molar-refractivity contribution in [3.63, 3.8) is 0 Å². The van der Waals surface area contributed by atoms with E-state index in [1.54, 1.807) is 0 Å². The van der Waals surface area contributed by atoms with E-state index in [0.717, 1.165) is 49.5 Å². The van der Waals surface area contributed by atoms with Crippen LogP contribution in [0.3, 0.4) is 0 Å². The molecule has 0 amide bonds. The van der Waals surface area contributed by atoms with Crippen LogP contribution in [0.2, 0.25) is 0 Å². The Bertz CT molecular complexity index is 3070. The van der Waals surface area contributed by atoms with Gasteiger partial charge in [0.25, 0.3) is 0 Å². The predicted octanol–water partition coefficient (Wildman–Crippen LogP) is 11.2. The third kappa shape index (κ3) is 3.92. The molecule has 0 bridgehead atoms. The molecule has 0 N–H and O–H groups in total. The second-order valence-corrected chi connectivity index (χ2v) is 12.9. The van der Waals surface area contributed by atoms with E-state index in [9.17, 15) is 0 Å². The van der Waals surface area contributed by atoms with Crippen molar-refractivity contribution >= 4 is 70.7 Å². The highest BCUT2D eigenvalue weighted by Crippen LogP contribution is 2.41. The monoisotopic (exact) mass is 637 g/mol. The lowest BCUT2D eigenvalue weighted by Crippen LogP contribution is -2.08. The van der Waals surface area contributed by atoms with Crippen molar-refractivity contribution in [2.75, 3.05) is 0 Å².